The van der Waals surface area contributed by atoms with Crippen LogP contribution in [0.2, 0.25) is 10.0 Å². The number of halogens is 5. The Hall–Kier alpha value is -0.140. The molecule has 1 atom stereocenters. The first-order chi connectivity index (χ1) is 11.3. The zero-order valence-corrected chi connectivity index (χ0v) is 16.2. The number of hydrogen-bond acceptors (Lipinski definition) is 4. The number of nitrogens with one attached hydrogen (secondary N) is 1. The first-order valence-corrected chi connectivity index (χ1v) is 8.92. The average Bonchev–Trinajstić information content (AvgIpc) is 2.51. The number of ether oxygens (including phenoxy) is 2. The van der Waals surface area contributed by atoms with Crippen LogP contribution in [0.4, 0.5) is 4.79 Å². The molecule has 0 unspecified atom stereocenters. The second-order valence-corrected chi connectivity index (χ2v) is 8.26. The number of alkyl halides is 3. The fraction of sp³-hybridized carbons (Fsp3) is 0.500. The van der Waals surface area contributed by atoms with Gasteiger partial charge in [-0.05, 0) is 12.1 Å². The number of carbonyl (C=O) groups is 1. The standard InChI is InChI=1S/C14H15Cl5N2O3/c15-10-2-1-9(11(16)7-10)8-24-13(22)20-12(14(17,18)19)21-3-5-23-6-4-21/h1-2,7,12H,3-6,8H2,(H,20,22)/t12-/m0/s1. The minimum Gasteiger partial charge on any atom is -0.445 e. The summed E-state index contributed by atoms with van der Waals surface area (Å²) in [7, 11) is 0. The SMILES string of the molecule is O=C(N[C@@H](N1CCOCC1)C(Cl)(Cl)Cl)OCc1ccc(Cl)cc1Cl. The van der Waals surface area contributed by atoms with Crippen LogP contribution in [-0.4, -0.2) is 47.3 Å². The molecular formula is C14H15Cl5N2O3. The lowest BCUT2D eigenvalue weighted by Crippen LogP contribution is -2.58. The van der Waals surface area contributed by atoms with Crippen LogP contribution >= 0.6 is 58.0 Å². The second-order valence-electron chi connectivity index (χ2n) is 5.05. The van der Waals surface area contributed by atoms with Gasteiger partial charge in [-0.25, -0.2) is 4.79 Å². The van der Waals surface area contributed by atoms with E-state index in [1.54, 1.807) is 18.2 Å². The molecule has 1 saturated heterocycles. The number of rotatable bonds is 4. The molecule has 1 heterocycles. The zero-order chi connectivity index (χ0) is 17.7. The van der Waals surface area contributed by atoms with Crippen molar-refractivity contribution in [1.29, 1.82) is 0 Å². The minimum atomic E-state index is -1.71. The largest absolute Gasteiger partial charge is 0.445 e. The van der Waals surface area contributed by atoms with Crippen molar-refractivity contribution in [1.82, 2.24) is 10.2 Å². The van der Waals surface area contributed by atoms with Gasteiger partial charge in [0, 0.05) is 28.7 Å². The molecule has 0 radical (unpaired) electrons. The van der Waals surface area contributed by atoms with Crippen molar-refractivity contribution in [2.75, 3.05) is 26.3 Å². The molecule has 0 aromatic heterocycles. The van der Waals surface area contributed by atoms with E-state index in [-0.39, 0.29) is 6.61 Å². The van der Waals surface area contributed by atoms with Gasteiger partial charge in [0.2, 0.25) is 3.79 Å². The fourth-order valence-electron chi connectivity index (χ4n) is 2.15. The summed E-state index contributed by atoms with van der Waals surface area (Å²) >= 11 is 29.8. The molecule has 5 nitrogen and oxygen atoms in total. The Morgan fingerprint density at radius 2 is 1.96 bits per heavy atom. The van der Waals surface area contributed by atoms with Gasteiger partial charge in [0.25, 0.3) is 0 Å². The van der Waals surface area contributed by atoms with Crippen LogP contribution in [-0.2, 0) is 16.1 Å². The molecule has 24 heavy (non-hydrogen) atoms. The number of morpholine rings is 1. The Labute approximate surface area is 165 Å². The van der Waals surface area contributed by atoms with E-state index < -0.39 is 16.1 Å². The van der Waals surface area contributed by atoms with Gasteiger partial charge in [-0.1, -0.05) is 64.1 Å². The molecule has 1 aliphatic rings. The Kier molecular flexibility index (Phi) is 7.56. The van der Waals surface area contributed by atoms with Crippen molar-refractivity contribution in [3.05, 3.63) is 33.8 Å². The topological polar surface area (TPSA) is 50.8 Å². The molecule has 1 aliphatic heterocycles. The van der Waals surface area contributed by atoms with Crippen LogP contribution < -0.4 is 5.32 Å². The smallest absolute Gasteiger partial charge is 0.408 e. The third-order valence-electron chi connectivity index (χ3n) is 3.35. The maximum absolute atomic E-state index is 12.1. The second kappa shape index (κ2) is 8.99. The summed E-state index contributed by atoms with van der Waals surface area (Å²) < 4.78 is 8.70. The van der Waals surface area contributed by atoms with Gasteiger partial charge in [-0.15, -0.1) is 0 Å². The molecule has 1 fully saturated rings. The highest BCUT2D eigenvalue weighted by Crippen LogP contribution is 2.32. The Bertz CT molecular complexity index is 576. The molecule has 1 amide bonds. The third-order valence-corrected chi connectivity index (χ3v) is 4.56. The highest BCUT2D eigenvalue weighted by atomic mass is 35.6. The fourth-order valence-corrected chi connectivity index (χ4v) is 3.19. The van der Waals surface area contributed by atoms with Crippen molar-refractivity contribution in [3.63, 3.8) is 0 Å². The normalized spacial score (nSPS) is 17.4. The van der Waals surface area contributed by atoms with Crippen LogP contribution in [0.25, 0.3) is 0 Å². The molecule has 0 spiro atoms. The van der Waals surface area contributed by atoms with Crippen molar-refractivity contribution < 1.29 is 14.3 Å². The summed E-state index contributed by atoms with van der Waals surface area (Å²) in [5.41, 5.74) is 0.619. The van der Waals surface area contributed by atoms with Crippen LogP contribution in [0.5, 0.6) is 0 Å². The molecule has 0 saturated carbocycles. The lowest BCUT2D eigenvalue weighted by atomic mass is 10.2. The molecule has 1 N–H and O–H groups in total. The van der Waals surface area contributed by atoms with E-state index in [0.717, 1.165) is 0 Å². The molecule has 0 aliphatic carbocycles. The third kappa shape index (κ3) is 5.99. The van der Waals surface area contributed by atoms with Gasteiger partial charge in [0.05, 0.1) is 13.2 Å². The van der Waals surface area contributed by atoms with Crippen molar-refractivity contribution in [2.24, 2.45) is 0 Å². The van der Waals surface area contributed by atoms with Crippen LogP contribution in [0.1, 0.15) is 5.56 Å². The number of carbonyl (C=O) groups excluding carboxylic acids is 1. The van der Waals surface area contributed by atoms with E-state index in [4.69, 9.17) is 67.5 Å². The van der Waals surface area contributed by atoms with Crippen LogP contribution in [0.3, 0.4) is 0 Å². The summed E-state index contributed by atoms with van der Waals surface area (Å²) in [6, 6.07) is 4.89. The van der Waals surface area contributed by atoms with Crippen molar-refractivity contribution in [2.45, 2.75) is 16.6 Å². The molecule has 10 heteroatoms. The van der Waals surface area contributed by atoms with E-state index in [1.807, 2.05) is 4.90 Å². The first kappa shape index (κ1) is 20.2. The number of amides is 1. The van der Waals surface area contributed by atoms with Gasteiger partial charge in [0.15, 0.2) is 0 Å². The highest BCUT2D eigenvalue weighted by Gasteiger charge is 2.39. The Balaban J connectivity index is 1.94. The van der Waals surface area contributed by atoms with Crippen molar-refractivity contribution >= 4 is 64.1 Å². The van der Waals surface area contributed by atoms with Gasteiger partial charge in [-0.2, -0.15) is 0 Å². The number of nitrogens with zero attached hydrogens (tertiary/aromatic N) is 1. The lowest BCUT2D eigenvalue weighted by Gasteiger charge is -2.37. The van der Waals surface area contributed by atoms with Gasteiger partial charge < -0.3 is 14.8 Å². The summed E-state index contributed by atoms with van der Waals surface area (Å²) in [6.07, 6.45) is -1.55. The van der Waals surface area contributed by atoms with Gasteiger partial charge in [-0.3, -0.25) is 4.90 Å². The van der Waals surface area contributed by atoms with E-state index >= 15 is 0 Å². The lowest BCUT2D eigenvalue weighted by molar-refractivity contribution is 0.00867. The maximum atomic E-state index is 12.1. The minimum absolute atomic E-state index is 0.0302. The molecule has 1 aromatic rings. The molecule has 134 valence electrons. The molecule has 2 rings (SSSR count). The van der Waals surface area contributed by atoms with Gasteiger partial charge >= 0.3 is 6.09 Å². The molecule has 0 bridgehead atoms. The van der Waals surface area contributed by atoms with Gasteiger partial charge in [0.1, 0.15) is 12.8 Å². The number of benzene rings is 1. The van der Waals surface area contributed by atoms with Crippen molar-refractivity contribution in [3.8, 4) is 0 Å². The van der Waals surface area contributed by atoms with Crippen LogP contribution in [0, 0.1) is 0 Å². The summed E-state index contributed by atoms with van der Waals surface area (Å²) in [5.74, 6) is 0. The summed E-state index contributed by atoms with van der Waals surface area (Å²) in [4.78, 5) is 13.9. The average molecular weight is 437 g/mol. The predicted octanol–water partition coefficient (Wildman–Crippen LogP) is 4.25. The maximum Gasteiger partial charge on any atom is 0.408 e. The van der Waals surface area contributed by atoms with E-state index in [9.17, 15) is 4.79 Å². The summed E-state index contributed by atoms with van der Waals surface area (Å²) in [6.45, 7) is 2.02. The number of alkyl carbamates (subject to hydrolysis) is 1. The van der Waals surface area contributed by atoms with Crippen LogP contribution in [0.15, 0.2) is 18.2 Å². The highest BCUT2D eigenvalue weighted by molar-refractivity contribution is 6.68. The summed E-state index contributed by atoms with van der Waals surface area (Å²) in [5, 5.41) is 3.47. The number of hydrogen-bond donors (Lipinski definition) is 1. The van der Waals surface area contributed by atoms with E-state index in [2.05, 4.69) is 5.32 Å². The Morgan fingerprint density at radius 3 is 2.54 bits per heavy atom. The quantitative estimate of drug-likeness (QED) is 0.717. The Morgan fingerprint density at radius 1 is 1.29 bits per heavy atom. The first-order valence-electron chi connectivity index (χ1n) is 7.03. The molecular weight excluding hydrogens is 421 g/mol. The zero-order valence-electron chi connectivity index (χ0n) is 12.4. The predicted molar refractivity (Wildman–Crippen MR) is 96.3 cm³/mol. The molecule has 1 aromatic carbocycles. The van der Waals surface area contributed by atoms with E-state index in [0.29, 0.717) is 41.9 Å². The van der Waals surface area contributed by atoms with E-state index in [1.165, 1.54) is 0 Å². The monoisotopic (exact) mass is 434 g/mol.